The molecule has 0 amide bonds. The highest BCUT2D eigenvalue weighted by Crippen LogP contribution is 2.28. The van der Waals surface area contributed by atoms with Gasteiger partial charge < -0.3 is 15.2 Å². The van der Waals surface area contributed by atoms with Gasteiger partial charge in [0.25, 0.3) is 0 Å². The van der Waals surface area contributed by atoms with Crippen LogP contribution in [-0.2, 0) is 15.9 Å². The van der Waals surface area contributed by atoms with Gasteiger partial charge >= 0.3 is 0 Å². The van der Waals surface area contributed by atoms with E-state index < -0.39 is 0 Å². The fourth-order valence-electron chi connectivity index (χ4n) is 2.63. The van der Waals surface area contributed by atoms with E-state index in [1.54, 1.807) is 7.11 Å². The lowest BCUT2D eigenvalue weighted by molar-refractivity contribution is -0.103. The van der Waals surface area contributed by atoms with Crippen LogP contribution in [0.25, 0.3) is 0 Å². The van der Waals surface area contributed by atoms with Crippen molar-refractivity contribution in [2.45, 2.75) is 50.8 Å². The highest BCUT2D eigenvalue weighted by molar-refractivity contribution is 5.06. The van der Waals surface area contributed by atoms with Crippen molar-refractivity contribution in [1.29, 1.82) is 0 Å². The third kappa shape index (κ3) is 3.16. The van der Waals surface area contributed by atoms with E-state index in [1.807, 2.05) is 16.9 Å². The van der Waals surface area contributed by atoms with Crippen LogP contribution in [-0.4, -0.2) is 41.7 Å². The van der Waals surface area contributed by atoms with Crippen LogP contribution in [0.1, 0.15) is 38.4 Å². The monoisotopic (exact) mass is 267 g/mol. The molecule has 1 aromatic rings. The van der Waals surface area contributed by atoms with Crippen LogP contribution < -0.4 is 5.73 Å². The zero-order valence-corrected chi connectivity index (χ0v) is 12.1. The Bertz CT molecular complexity index is 397. The molecule has 2 rings (SSSR count). The summed E-state index contributed by atoms with van der Waals surface area (Å²) in [5.74, 6) is 0. The van der Waals surface area contributed by atoms with Crippen molar-refractivity contribution < 1.29 is 9.47 Å². The number of rotatable bonds is 5. The van der Waals surface area contributed by atoms with Crippen molar-refractivity contribution in [3.63, 3.8) is 0 Å². The minimum Gasteiger partial charge on any atom is -0.381 e. The van der Waals surface area contributed by atoms with Crippen molar-refractivity contribution in [1.82, 2.24) is 9.78 Å². The Morgan fingerprint density at radius 1 is 1.47 bits per heavy atom. The molecule has 1 unspecified atom stereocenters. The number of ether oxygens (including phenoxy) is 2. The maximum atomic E-state index is 6.38. The summed E-state index contributed by atoms with van der Waals surface area (Å²) in [6, 6.07) is 2.38. The second kappa shape index (κ2) is 6.03. The summed E-state index contributed by atoms with van der Waals surface area (Å²) < 4.78 is 13.1. The normalized spacial score (nSPS) is 20.7. The summed E-state index contributed by atoms with van der Waals surface area (Å²) in [5, 5.41) is 4.56. The van der Waals surface area contributed by atoms with Gasteiger partial charge in [0.2, 0.25) is 0 Å². The van der Waals surface area contributed by atoms with E-state index in [0.717, 1.165) is 38.2 Å². The van der Waals surface area contributed by atoms with Crippen molar-refractivity contribution in [2.24, 2.45) is 5.73 Å². The summed E-state index contributed by atoms with van der Waals surface area (Å²) in [4.78, 5) is 0. The first-order valence-corrected chi connectivity index (χ1v) is 7.00. The van der Waals surface area contributed by atoms with Gasteiger partial charge in [0, 0.05) is 57.9 Å². The maximum absolute atomic E-state index is 6.38. The molecule has 0 spiro atoms. The molecule has 1 fully saturated rings. The van der Waals surface area contributed by atoms with Crippen LogP contribution in [0, 0.1) is 0 Å². The Morgan fingerprint density at radius 3 is 2.68 bits per heavy atom. The first kappa shape index (κ1) is 14.5. The minimum absolute atomic E-state index is 0.0445. The Hall–Kier alpha value is -0.910. The van der Waals surface area contributed by atoms with Gasteiger partial charge in [-0.05, 0) is 19.9 Å². The molecule has 0 aliphatic carbocycles. The van der Waals surface area contributed by atoms with Gasteiger partial charge in [-0.3, -0.25) is 4.68 Å². The SMILES string of the molecule is COC1(C(N)Cc2ccn(C(C)C)n2)CCOCC1. The number of methoxy groups -OCH3 is 1. The van der Waals surface area contributed by atoms with Gasteiger partial charge in [-0.25, -0.2) is 0 Å². The number of aromatic nitrogens is 2. The molecule has 19 heavy (non-hydrogen) atoms. The van der Waals surface area contributed by atoms with E-state index in [1.165, 1.54) is 0 Å². The predicted molar refractivity (Wildman–Crippen MR) is 74.1 cm³/mol. The average Bonchev–Trinajstić information content (AvgIpc) is 2.88. The van der Waals surface area contributed by atoms with E-state index in [2.05, 4.69) is 18.9 Å². The first-order chi connectivity index (χ1) is 9.07. The molecule has 5 nitrogen and oxygen atoms in total. The molecular formula is C14H25N3O2. The van der Waals surface area contributed by atoms with Crippen LogP contribution in [0.2, 0.25) is 0 Å². The predicted octanol–water partition coefficient (Wildman–Crippen LogP) is 1.53. The Kier molecular flexibility index (Phi) is 4.60. The summed E-state index contributed by atoms with van der Waals surface area (Å²) in [7, 11) is 1.75. The molecule has 5 heteroatoms. The van der Waals surface area contributed by atoms with Crippen LogP contribution in [0.4, 0.5) is 0 Å². The topological polar surface area (TPSA) is 62.3 Å². The van der Waals surface area contributed by atoms with E-state index in [0.29, 0.717) is 6.04 Å². The van der Waals surface area contributed by atoms with Crippen LogP contribution >= 0.6 is 0 Å². The minimum atomic E-state index is -0.264. The third-order valence-electron chi connectivity index (χ3n) is 4.04. The fraction of sp³-hybridized carbons (Fsp3) is 0.786. The van der Waals surface area contributed by atoms with Crippen molar-refractivity contribution in [3.05, 3.63) is 18.0 Å². The number of hydrogen-bond donors (Lipinski definition) is 1. The van der Waals surface area contributed by atoms with Gasteiger partial charge in [0.15, 0.2) is 0 Å². The Morgan fingerprint density at radius 2 is 2.16 bits per heavy atom. The molecule has 1 aromatic heterocycles. The second-order valence-corrected chi connectivity index (χ2v) is 5.57. The van der Waals surface area contributed by atoms with Crippen molar-refractivity contribution in [2.75, 3.05) is 20.3 Å². The Labute approximate surface area is 115 Å². The van der Waals surface area contributed by atoms with Gasteiger partial charge in [-0.15, -0.1) is 0 Å². The van der Waals surface area contributed by atoms with Crippen LogP contribution in [0.5, 0.6) is 0 Å². The highest BCUT2D eigenvalue weighted by Gasteiger charge is 2.38. The second-order valence-electron chi connectivity index (χ2n) is 5.57. The number of hydrogen-bond acceptors (Lipinski definition) is 4. The van der Waals surface area contributed by atoms with Gasteiger partial charge in [0.05, 0.1) is 11.3 Å². The summed E-state index contributed by atoms with van der Waals surface area (Å²) in [6.45, 7) is 5.68. The van der Waals surface area contributed by atoms with Gasteiger partial charge in [-0.2, -0.15) is 5.10 Å². The molecule has 0 radical (unpaired) electrons. The quantitative estimate of drug-likeness (QED) is 0.879. The molecule has 1 aliphatic rings. The zero-order chi connectivity index (χ0) is 13.9. The zero-order valence-electron chi connectivity index (χ0n) is 12.1. The molecule has 0 bridgehead atoms. The first-order valence-electron chi connectivity index (χ1n) is 7.00. The largest absolute Gasteiger partial charge is 0.381 e. The Balaban J connectivity index is 2.03. The van der Waals surface area contributed by atoms with E-state index in [-0.39, 0.29) is 11.6 Å². The van der Waals surface area contributed by atoms with E-state index in [9.17, 15) is 0 Å². The summed E-state index contributed by atoms with van der Waals surface area (Å²) in [5.41, 5.74) is 7.15. The maximum Gasteiger partial charge on any atom is 0.0876 e. The van der Waals surface area contributed by atoms with Gasteiger partial charge in [0.1, 0.15) is 0 Å². The molecule has 1 saturated heterocycles. The number of nitrogens with zero attached hydrogens (tertiary/aromatic N) is 2. The highest BCUT2D eigenvalue weighted by atomic mass is 16.5. The third-order valence-corrected chi connectivity index (χ3v) is 4.04. The average molecular weight is 267 g/mol. The van der Waals surface area contributed by atoms with E-state index >= 15 is 0 Å². The fourth-order valence-corrected chi connectivity index (χ4v) is 2.63. The number of nitrogens with two attached hydrogens (primary N) is 1. The molecule has 0 saturated carbocycles. The summed E-state index contributed by atoms with van der Waals surface area (Å²) >= 11 is 0. The lowest BCUT2D eigenvalue weighted by atomic mass is 9.84. The lowest BCUT2D eigenvalue weighted by Gasteiger charge is -2.40. The molecule has 2 N–H and O–H groups in total. The molecule has 1 atom stereocenters. The van der Waals surface area contributed by atoms with Gasteiger partial charge in [-0.1, -0.05) is 0 Å². The molecular weight excluding hydrogens is 242 g/mol. The molecule has 1 aliphatic heterocycles. The molecule has 108 valence electrons. The summed E-state index contributed by atoms with van der Waals surface area (Å²) in [6.07, 6.45) is 4.47. The smallest absolute Gasteiger partial charge is 0.0876 e. The van der Waals surface area contributed by atoms with Crippen LogP contribution in [0.15, 0.2) is 12.3 Å². The standard InChI is InChI=1S/C14H25N3O2/c1-11(2)17-7-4-12(16-17)10-13(15)14(18-3)5-8-19-9-6-14/h4,7,11,13H,5-6,8-10,15H2,1-3H3. The lowest BCUT2D eigenvalue weighted by Crippen LogP contribution is -2.54. The van der Waals surface area contributed by atoms with E-state index in [4.69, 9.17) is 15.2 Å². The van der Waals surface area contributed by atoms with Crippen LogP contribution in [0.3, 0.4) is 0 Å². The van der Waals surface area contributed by atoms with Crippen molar-refractivity contribution in [3.8, 4) is 0 Å². The molecule has 0 aromatic carbocycles. The molecule has 2 heterocycles. The van der Waals surface area contributed by atoms with Crippen molar-refractivity contribution >= 4 is 0 Å².